The predicted octanol–water partition coefficient (Wildman–Crippen LogP) is 4.59. The number of aromatic hydroxyl groups is 1. The van der Waals surface area contributed by atoms with Crippen LogP contribution in [-0.4, -0.2) is 138 Å². The summed E-state index contributed by atoms with van der Waals surface area (Å²) in [7, 11) is 1.89. The van der Waals surface area contributed by atoms with Crippen molar-refractivity contribution in [1.82, 2.24) is 29.8 Å². The van der Waals surface area contributed by atoms with Gasteiger partial charge in [0.2, 0.25) is 0 Å². The minimum atomic E-state index is -0.435. The molecule has 11 heteroatoms. The van der Waals surface area contributed by atoms with E-state index in [9.17, 15) is 9.90 Å². The number of nitrogens with one attached hydrogen (secondary N) is 1. The second kappa shape index (κ2) is 15.0. The van der Waals surface area contributed by atoms with Gasteiger partial charge in [-0.15, -0.1) is 10.2 Å². The van der Waals surface area contributed by atoms with Crippen LogP contribution < -0.4 is 10.2 Å². The van der Waals surface area contributed by atoms with Crippen molar-refractivity contribution in [2.75, 3.05) is 89.3 Å². The van der Waals surface area contributed by atoms with Crippen molar-refractivity contribution in [3.05, 3.63) is 30.3 Å². The highest BCUT2D eigenvalue weighted by Crippen LogP contribution is 2.34. The molecule has 4 fully saturated rings. The van der Waals surface area contributed by atoms with Crippen LogP contribution in [0.1, 0.15) is 59.3 Å². The molecule has 11 nitrogen and oxygen atoms in total. The fraction of sp³-hybridized carbons (Fsp3) is 0.694. The van der Waals surface area contributed by atoms with Gasteiger partial charge in [0, 0.05) is 83.6 Å². The lowest BCUT2D eigenvalue weighted by atomic mass is 9.84. The number of piperazine rings is 2. The zero-order chi connectivity index (χ0) is 33.0. The van der Waals surface area contributed by atoms with Gasteiger partial charge in [-0.3, -0.25) is 9.80 Å². The highest BCUT2D eigenvalue weighted by atomic mass is 16.6. The Balaban J connectivity index is 0.912. The monoisotopic (exact) mass is 648 g/mol. The molecule has 3 saturated heterocycles. The molecule has 4 heterocycles. The van der Waals surface area contributed by atoms with Gasteiger partial charge in [-0.25, -0.2) is 4.79 Å². The fourth-order valence-electron chi connectivity index (χ4n) is 8.06. The van der Waals surface area contributed by atoms with E-state index in [4.69, 9.17) is 4.74 Å². The molecule has 1 aliphatic carbocycles. The number of carbonyl (C=O) groups excluding carboxylic acids is 1. The van der Waals surface area contributed by atoms with Gasteiger partial charge in [-0.2, -0.15) is 0 Å². The van der Waals surface area contributed by atoms with Gasteiger partial charge in [-0.05, 0) is 96.5 Å². The van der Waals surface area contributed by atoms with Crippen LogP contribution in [0.15, 0.2) is 30.3 Å². The number of anilines is 2. The Kier molecular flexibility index (Phi) is 10.7. The largest absolute Gasteiger partial charge is 0.507 e. The number of phenols is 1. The molecular formula is C36H56N8O3. The number of likely N-dealkylation sites (tertiary alicyclic amines) is 1. The smallest absolute Gasteiger partial charge is 0.410 e. The van der Waals surface area contributed by atoms with E-state index < -0.39 is 5.60 Å². The van der Waals surface area contributed by atoms with E-state index in [1.54, 1.807) is 6.07 Å². The maximum absolute atomic E-state index is 12.4. The molecule has 2 N–H and O–H groups in total. The van der Waals surface area contributed by atoms with Gasteiger partial charge in [0.15, 0.2) is 5.82 Å². The van der Waals surface area contributed by atoms with E-state index in [1.807, 2.05) is 50.9 Å². The van der Waals surface area contributed by atoms with Crippen LogP contribution >= 0.6 is 0 Å². The van der Waals surface area contributed by atoms with Crippen molar-refractivity contribution in [1.29, 1.82) is 0 Å². The number of benzene rings is 1. The van der Waals surface area contributed by atoms with Gasteiger partial charge in [0.25, 0.3) is 0 Å². The predicted molar refractivity (Wildman–Crippen MR) is 187 cm³/mol. The highest BCUT2D eigenvalue weighted by molar-refractivity contribution is 5.75. The molecule has 0 unspecified atom stereocenters. The third kappa shape index (κ3) is 8.48. The summed E-state index contributed by atoms with van der Waals surface area (Å²) in [6, 6.07) is 10.8. The summed E-state index contributed by atoms with van der Waals surface area (Å²) in [5.74, 6) is 1.78. The molecule has 1 amide bonds. The average molecular weight is 649 g/mol. The zero-order valence-electron chi connectivity index (χ0n) is 29.0. The lowest BCUT2D eigenvalue weighted by molar-refractivity contribution is 0.0117. The molecule has 1 aromatic carbocycles. The van der Waals surface area contributed by atoms with Crippen molar-refractivity contribution < 1.29 is 14.6 Å². The number of phenolic OH excluding ortho intramolecular Hbond substituents is 1. The molecule has 0 spiro atoms. The number of nitrogens with zero attached hydrogens (tertiary/aromatic N) is 7. The van der Waals surface area contributed by atoms with Crippen molar-refractivity contribution >= 4 is 17.6 Å². The number of hydrogen-bond acceptors (Lipinski definition) is 10. The molecule has 47 heavy (non-hydrogen) atoms. The van der Waals surface area contributed by atoms with E-state index in [0.717, 1.165) is 75.8 Å². The van der Waals surface area contributed by atoms with E-state index in [-0.39, 0.29) is 11.8 Å². The summed E-state index contributed by atoms with van der Waals surface area (Å²) in [6.45, 7) is 16.9. The maximum Gasteiger partial charge on any atom is 0.410 e. The molecular weight excluding hydrogens is 592 g/mol. The first kappa shape index (κ1) is 33.7. The van der Waals surface area contributed by atoms with Crippen LogP contribution in [-0.2, 0) is 4.74 Å². The van der Waals surface area contributed by atoms with E-state index >= 15 is 0 Å². The van der Waals surface area contributed by atoms with Gasteiger partial charge in [-0.1, -0.05) is 12.1 Å². The van der Waals surface area contributed by atoms with Crippen molar-refractivity contribution in [3.8, 4) is 17.0 Å². The number of rotatable bonds is 7. The number of aromatic nitrogens is 2. The number of carbonyl (C=O) groups is 1. The van der Waals surface area contributed by atoms with Gasteiger partial charge < -0.3 is 29.9 Å². The van der Waals surface area contributed by atoms with Gasteiger partial charge in [0.1, 0.15) is 11.4 Å². The SMILES string of the molecule is CNc1nnc(-c2ccccc2O)cc1N1CCN(C2CCN(C3CCC(CN4CCN(C(=O)OC(C)(C)C)CC4)CC3)CC2)CC1. The first-order valence-electron chi connectivity index (χ1n) is 17.9. The average Bonchev–Trinajstić information content (AvgIpc) is 3.08. The normalized spacial score (nSPS) is 24.3. The molecule has 1 saturated carbocycles. The molecule has 258 valence electrons. The zero-order valence-corrected chi connectivity index (χ0v) is 29.0. The second-order valence-corrected chi connectivity index (χ2v) is 15.0. The summed E-state index contributed by atoms with van der Waals surface area (Å²) < 4.78 is 5.57. The Bertz CT molecular complexity index is 1320. The van der Waals surface area contributed by atoms with E-state index in [1.165, 1.54) is 58.2 Å². The number of para-hydroxylation sites is 1. The summed E-state index contributed by atoms with van der Waals surface area (Å²) in [4.78, 5) is 24.8. The van der Waals surface area contributed by atoms with Crippen LogP contribution in [0.3, 0.4) is 0 Å². The maximum atomic E-state index is 12.4. The Labute approximate surface area is 281 Å². The highest BCUT2D eigenvalue weighted by Gasteiger charge is 2.34. The number of amides is 1. The minimum absolute atomic E-state index is 0.172. The van der Waals surface area contributed by atoms with Crippen molar-refractivity contribution in [2.45, 2.75) is 77.0 Å². The first-order chi connectivity index (χ1) is 22.7. The minimum Gasteiger partial charge on any atom is -0.507 e. The lowest BCUT2D eigenvalue weighted by Gasteiger charge is -2.46. The number of ether oxygens (including phenoxy) is 1. The fourth-order valence-corrected chi connectivity index (χ4v) is 8.06. The molecule has 0 radical (unpaired) electrons. The van der Waals surface area contributed by atoms with Crippen LogP contribution in [0, 0.1) is 5.92 Å². The first-order valence-corrected chi connectivity index (χ1v) is 17.9. The molecule has 3 aliphatic heterocycles. The van der Waals surface area contributed by atoms with Crippen molar-refractivity contribution in [2.24, 2.45) is 5.92 Å². The molecule has 0 bridgehead atoms. The summed E-state index contributed by atoms with van der Waals surface area (Å²) in [5.41, 5.74) is 2.01. The van der Waals surface area contributed by atoms with Crippen LogP contribution in [0.25, 0.3) is 11.3 Å². The standard InChI is InChI=1S/C36H56N8O3/c1-36(2,3)47-35(46)44-19-17-40(18-20-44)26-27-9-11-28(12-10-27)41-15-13-29(14-16-41)42-21-23-43(24-22-42)32-25-31(38-39-34(32)37-4)30-7-5-6-8-33(30)45/h5-8,25,27-29,45H,9-24,26H2,1-4H3,(H,37,39). The summed E-state index contributed by atoms with van der Waals surface area (Å²) >= 11 is 0. The molecule has 0 atom stereocenters. The topological polar surface area (TPSA) is 101 Å². The Morgan fingerprint density at radius 1 is 0.851 bits per heavy atom. The summed E-state index contributed by atoms with van der Waals surface area (Å²) in [6.07, 6.45) is 7.64. The molecule has 4 aliphatic rings. The molecule has 2 aromatic rings. The Hall–Kier alpha value is -3.15. The van der Waals surface area contributed by atoms with Crippen molar-refractivity contribution in [3.63, 3.8) is 0 Å². The lowest BCUT2D eigenvalue weighted by Crippen LogP contribution is -2.54. The number of piperidine rings is 1. The van der Waals surface area contributed by atoms with Gasteiger partial charge >= 0.3 is 6.09 Å². The van der Waals surface area contributed by atoms with Crippen LogP contribution in [0.2, 0.25) is 0 Å². The van der Waals surface area contributed by atoms with Crippen LogP contribution in [0.5, 0.6) is 5.75 Å². The van der Waals surface area contributed by atoms with Crippen LogP contribution in [0.4, 0.5) is 16.3 Å². The Morgan fingerprint density at radius 2 is 1.49 bits per heavy atom. The third-order valence-corrected chi connectivity index (χ3v) is 10.7. The molecule has 1 aromatic heterocycles. The van der Waals surface area contributed by atoms with E-state index in [0.29, 0.717) is 17.3 Å². The summed E-state index contributed by atoms with van der Waals surface area (Å²) in [5, 5.41) is 22.4. The molecule has 6 rings (SSSR count). The quantitative estimate of drug-likeness (QED) is 0.444. The third-order valence-electron chi connectivity index (χ3n) is 10.7. The van der Waals surface area contributed by atoms with E-state index in [2.05, 4.69) is 41.2 Å². The number of hydrogen-bond donors (Lipinski definition) is 2. The Morgan fingerprint density at radius 3 is 2.13 bits per heavy atom. The van der Waals surface area contributed by atoms with Gasteiger partial charge in [0.05, 0.1) is 11.4 Å². The second-order valence-electron chi connectivity index (χ2n) is 15.0.